The molecule has 1 aliphatic carbocycles. The predicted molar refractivity (Wildman–Crippen MR) is 86.7 cm³/mol. The lowest BCUT2D eigenvalue weighted by Crippen LogP contribution is -2.39. The van der Waals surface area contributed by atoms with Crippen LogP contribution in [0.5, 0.6) is 5.75 Å². The van der Waals surface area contributed by atoms with Crippen molar-refractivity contribution in [1.82, 2.24) is 10.2 Å². The minimum atomic E-state index is 0.440. The van der Waals surface area contributed by atoms with E-state index in [1.807, 2.05) is 0 Å². The molecule has 0 amide bonds. The molecule has 0 spiro atoms. The quantitative estimate of drug-likeness (QED) is 0.834. The van der Waals surface area contributed by atoms with Gasteiger partial charge in [-0.25, -0.2) is 0 Å². The minimum absolute atomic E-state index is 0.440. The molecule has 3 atom stereocenters. The van der Waals surface area contributed by atoms with E-state index in [9.17, 15) is 0 Å². The fraction of sp³-hybridized carbons (Fsp3) is 0.667. The molecule has 1 heterocycles. The lowest BCUT2D eigenvalue weighted by molar-refractivity contribution is 0.191. The molecule has 2 aliphatic rings. The zero-order valence-electron chi connectivity index (χ0n) is 13.3. The maximum absolute atomic E-state index is 5.27. The van der Waals surface area contributed by atoms with Crippen molar-refractivity contribution in [2.45, 2.75) is 44.7 Å². The normalized spacial score (nSPS) is 26.2. The SMILES string of the molecule is CCCNC(CN1CC2CCC1C2)c1ccc(OC)cc1. The van der Waals surface area contributed by atoms with Crippen molar-refractivity contribution in [2.75, 3.05) is 26.7 Å². The van der Waals surface area contributed by atoms with Crippen LogP contribution in [0.15, 0.2) is 24.3 Å². The molecule has 2 bridgehead atoms. The molecule has 0 radical (unpaired) electrons. The van der Waals surface area contributed by atoms with Crippen molar-refractivity contribution in [3.05, 3.63) is 29.8 Å². The fourth-order valence-electron chi connectivity index (χ4n) is 3.93. The summed E-state index contributed by atoms with van der Waals surface area (Å²) in [6.07, 6.45) is 5.48. The third-order valence-corrected chi connectivity index (χ3v) is 5.10. The van der Waals surface area contributed by atoms with Gasteiger partial charge in [0.15, 0.2) is 0 Å². The Balaban J connectivity index is 1.67. The summed E-state index contributed by atoms with van der Waals surface area (Å²) < 4.78 is 5.27. The largest absolute Gasteiger partial charge is 0.497 e. The van der Waals surface area contributed by atoms with Gasteiger partial charge in [0.1, 0.15) is 5.75 Å². The maximum Gasteiger partial charge on any atom is 0.118 e. The van der Waals surface area contributed by atoms with Gasteiger partial charge < -0.3 is 10.1 Å². The second-order valence-corrected chi connectivity index (χ2v) is 6.57. The Morgan fingerprint density at radius 2 is 2.10 bits per heavy atom. The number of nitrogens with zero attached hydrogens (tertiary/aromatic N) is 1. The van der Waals surface area contributed by atoms with Gasteiger partial charge in [-0.3, -0.25) is 4.90 Å². The Morgan fingerprint density at radius 3 is 2.67 bits per heavy atom. The van der Waals surface area contributed by atoms with Crippen molar-refractivity contribution in [2.24, 2.45) is 5.92 Å². The van der Waals surface area contributed by atoms with Crippen molar-refractivity contribution in [1.29, 1.82) is 0 Å². The van der Waals surface area contributed by atoms with E-state index in [0.717, 1.165) is 30.8 Å². The number of ether oxygens (including phenoxy) is 1. The first-order valence-corrected chi connectivity index (χ1v) is 8.41. The van der Waals surface area contributed by atoms with Crippen LogP contribution >= 0.6 is 0 Å². The molecule has 1 aromatic rings. The van der Waals surface area contributed by atoms with Crippen molar-refractivity contribution >= 4 is 0 Å². The number of benzene rings is 1. The number of piperidine rings is 1. The number of hydrogen-bond acceptors (Lipinski definition) is 3. The molecule has 1 aliphatic heterocycles. The number of hydrogen-bond donors (Lipinski definition) is 1. The molecule has 3 heteroatoms. The lowest BCUT2D eigenvalue weighted by Gasteiger charge is -2.31. The van der Waals surface area contributed by atoms with Crippen molar-refractivity contribution in [3.63, 3.8) is 0 Å². The molecule has 116 valence electrons. The highest BCUT2D eigenvalue weighted by Crippen LogP contribution is 2.38. The van der Waals surface area contributed by atoms with Gasteiger partial charge in [-0.2, -0.15) is 0 Å². The zero-order valence-corrected chi connectivity index (χ0v) is 13.3. The summed E-state index contributed by atoms with van der Waals surface area (Å²) in [6.45, 7) is 5.77. The average Bonchev–Trinajstić information content (AvgIpc) is 3.14. The third-order valence-electron chi connectivity index (χ3n) is 5.10. The highest BCUT2D eigenvalue weighted by molar-refractivity contribution is 5.29. The highest BCUT2D eigenvalue weighted by Gasteiger charge is 2.38. The number of nitrogens with one attached hydrogen (secondary N) is 1. The van der Waals surface area contributed by atoms with E-state index < -0.39 is 0 Å². The topological polar surface area (TPSA) is 24.5 Å². The molecular weight excluding hydrogens is 260 g/mol. The zero-order chi connectivity index (χ0) is 14.7. The van der Waals surface area contributed by atoms with Crippen LogP contribution in [0.25, 0.3) is 0 Å². The summed E-state index contributed by atoms with van der Waals surface area (Å²) in [5.41, 5.74) is 1.38. The van der Waals surface area contributed by atoms with E-state index >= 15 is 0 Å². The molecule has 3 unspecified atom stereocenters. The molecule has 1 N–H and O–H groups in total. The van der Waals surface area contributed by atoms with E-state index in [1.54, 1.807) is 7.11 Å². The number of fused-ring (bicyclic) bond motifs is 2. The number of likely N-dealkylation sites (tertiary alicyclic amines) is 1. The van der Waals surface area contributed by atoms with Crippen LogP contribution in [0.3, 0.4) is 0 Å². The highest BCUT2D eigenvalue weighted by atomic mass is 16.5. The Morgan fingerprint density at radius 1 is 1.29 bits per heavy atom. The van der Waals surface area contributed by atoms with E-state index in [4.69, 9.17) is 4.74 Å². The van der Waals surface area contributed by atoms with Crippen LogP contribution in [-0.4, -0.2) is 37.7 Å². The standard InChI is InChI=1S/C18H28N2O/c1-3-10-19-18(15-5-8-17(21-2)9-6-15)13-20-12-14-4-7-16(20)11-14/h5-6,8-9,14,16,18-19H,3-4,7,10-13H2,1-2H3. The molecule has 1 saturated carbocycles. The summed E-state index contributed by atoms with van der Waals surface area (Å²) in [5.74, 6) is 1.91. The van der Waals surface area contributed by atoms with Crippen LogP contribution in [0.2, 0.25) is 0 Å². The molecular formula is C18H28N2O. The second-order valence-electron chi connectivity index (χ2n) is 6.57. The smallest absolute Gasteiger partial charge is 0.118 e. The molecule has 1 saturated heterocycles. The predicted octanol–water partition coefficient (Wildman–Crippen LogP) is 3.22. The van der Waals surface area contributed by atoms with Gasteiger partial charge in [-0.05, 0) is 55.8 Å². The van der Waals surface area contributed by atoms with Gasteiger partial charge in [0.05, 0.1) is 7.11 Å². The van der Waals surface area contributed by atoms with Gasteiger partial charge in [0.2, 0.25) is 0 Å². The molecule has 1 aromatic carbocycles. The number of methoxy groups -OCH3 is 1. The summed E-state index contributed by atoms with van der Waals surface area (Å²) in [7, 11) is 1.72. The van der Waals surface area contributed by atoms with Gasteiger partial charge >= 0.3 is 0 Å². The summed E-state index contributed by atoms with van der Waals surface area (Å²) in [5, 5.41) is 3.73. The Labute approximate surface area is 128 Å². The Bertz CT molecular complexity index is 445. The van der Waals surface area contributed by atoms with Crippen molar-refractivity contribution < 1.29 is 4.74 Å². The first kappa shape index (κ1) is 14.9. The maximum atomic E-state index is 5.27. The molecule has 0 aromatic heterocycles. The molecule has 2 fully saturated rings. The van der Waals surface area contributed by atoms with E-state index in [1.165, 1.54) is 37.8 Å². The van der Waals surface area contributed by atoms with Gasteiger partial charge in [-0.15, -0.1) is 0 Å². The van der Waals surface area contributed by atoms with Gasteiger partial charge in [-0.1, -0.05) is 19.1 Å². The second kappa shape index (κ2) is 6.80. The average molecular weight is 288 g/mol. The molecule has 3 nitrogen and oxygen atoms in total. The van der Waals surface area contributed by atoms with Crippen molar-refractivity contribution in [3.8, 4) is 5.75 Å². The van der Waals surface area contributed by atoms with Crippen LogP contribution in [-0.2, 0) is 0 Å². The van der Waals surface area contributed by atoms with Crippen LogP contribution in [0.1, 0.15) is 44.2 Å². The first-order chi connectivity index (χ1) is 10.3. The lowest BCUT2D eigenvalue weighted by atomic mass is 10.0. The van der Waals surface area contributed by atoms with E-state index in [2.05, 4.69) is 41.4 Å². The van der Waals surface area contributed by atoms with Crippen LogP contribution in [0.4, 0.5) is 0 Å². The monoisotopic (exact) mass is 288 g/mol. The summed E-state index contributed by atoms with van der Waals surface area (Å²) in [4.78, 5) is 2.71. The first-order valence-electron chi connectivity index (χ1n) is 8.41. The summed E-state index contributed by atoms with van der Waals surface area (Å²) in [6, 6.07) is 9.86. The molecule has 21 heavy (non-hydrogen) atoms. The fourth-order valence-corrected chi connectivity index (χ4v) is 3.93. The summed E-state index contributed by atoms with van der Waals surface area (Å²) >= 11 is 0. The number of rotatable bonds is 7. The van der Waals surface area contributed by atoms with E-state index in [-0.39, 0.29) is 0 Å². The Hall–Kier alpha value is -1.06. The Kier molecular flexibility index (Phi) is 4.81. The van der Waals surface area contributed by atoms with Gasteiger partial charge in [0, 0.05) is 25.2 Å². The van der Waals surface area contributed by atoms with E-state index in [0.29, 0.717) is 6.04 Å². The third kappa shape index (κ3) is 3.41. The molecule has 3 rings (SSSR count). The minimum Gasteiger partial charge on any atom is -0.497 e. The van der Waals surface area contributed by atoms with Crippen LogP contribution in [0, 0.1) is 5.92 Å². The van der Waals surface area contributed by atoms with Crippen LogP contribution < -0.4 is 10.1 Å². The van der Waals surface area contributed by atoms with Gasteiger partial charge in [0.25, 0.3) is 0 Å².